The van der Waals surface area contributed by atoms with E-state index >= 15 is 0 Å². The molecule has 0 amide bonds. The first kappa shape index (κ1) is 21.5. The number of hydrogen-bond donors (Lipinski definition) is 3. The highest BCUT2D eigenvalue weighted by molar-refractivity contribution is 5.92. The molecule has 6 nitrogen and oxygen atoms in total. The summed E-state index contributed by atoms with van der Waals surface area (Å²) in [7, 11) is 1.47. The van der Waals surface area contributed by atoms with Crippen molar-refractivity contribution in [1.29, 1.82) is 0 Å². The molecule has 0 radical (unpaired) electrons. The van der Waals surface area contributed by atoms with Crippen LogP contribution in [0.25, 0.3) is 11.1 Å². The molecule has 0 saturated carbocycles. The Kier molecular flexibility index (Phi) is 7.17. The van der Waals surface area contributed by atoms with Gasteiger partial charge in [0.25, 0.3) is 0 Å². The highest BCUT2D eigenvalue weighted by Crippen LogP contribution is 2.27. The fraction of sp³-hybridized carbons (Fsp3) is 0.250. The number of aromatic nitrogens is 1. The van der Waals surface area contributed by atoms with Crippen LogP contribution < -0.4 is 10.1 Å². The zero-order chi connectivity index (χ0) is 21.5. The standard InChI is InChI=1S/C24H26N2O4/c1-16(26-15-22(27)20-4-3-11-25-14-20)12-17-5-7-18(8-6-17)19-9-10-21(24(28)29)23(13-19)30-2/h3-11,13-14,16,22,26-27H,12,15H2,1-2H3,(H,28,29)/t16?,22-/m0/s1. The van der Waals surface area contributed by atoms with Crippen molar-refractivity contribution >= 4 is 5.97 Å². The van der Waals surface area contributed by atoms with Crippen LogP contribution in [0.5, 0.6) is 5.75 Å². The lowest BCUT2D eigenvalue weighted by atomic mass is 9.99. The monoisotopic (exact) mass is 406 g/mol. The van der Waals surface area contributed by atoms with Crippen molar-refractivity contribution in [2.45, 2.75) is 25.5 Å². The molecule has 0 fully saturated rings. The van der Waals surface area contributed by atoms with Crippen molar-refractivity contribution in [1.82, 2.24) is 10.3 Å². The van der Waals surface area contributed by atoms with Gasteiger partial charge in [0.15, 0.2) is 0 Å². The first-order valence-electron chi connectivity index (χ1n) is 9.80. The predicted molar refractivity (Wildman–Crippen MR) is 116 cm³/mol. The minimum atomic E-state index is -1.01. The van der Waals surface area contributed by atoms with E-state index < -0.39 is 12.1 Å². The number of rotatable bonds is 9. The maximum atomic E-state index is 11.2. The zero-order valence-corrected chi connectivity index (χ0v) is 17.1. The van der Waals surface area contributed by atoms with E-state index in [-0.39, 0.29) is 11.6 Å². The van der Waals surface area contributed by atoms with Crippen LogP contribution in [-0.4, -0.2) is 40.9 Å². The molecular weight excluding hydrogens is 380 g/mol. The lowest BCUT2D eigenvalue weighted by Gasteiger charge is -2.17. The van der Waals surface area contributed by atoms with Gasteiger partial charge in [-0.3, -0.25) is 4.98 Å². The predicted octanol–water partition coefficient (Wildman–Crippen LogP) is 3.71. The summed E-state index contributed by atoms with van der Waals surface area (Å²) in [6.45, 7) is 2.54. The summed E-state index contributed by atoms with van der Waals surface area (Å²) in [5.74, 6) is -0.669. The van der Waals surface area contributed by atoms with E-state index in [0.29, 0.717) is 12.3 Å². The number of nitrogens with one attached hydrogen (secondary N) is 1. The molecule has 156 valence electrons. The number of benzene rings is 2. The molecule has 6 heteroatoms. The molecule has 0 aliphatic rings. The number of ether oxygens (including phenoxy) is 1. The number of carboxylic acid groups (broad SMARTS) is 1. The van der Waals surface area contributed by atoms with Crippen molar-refractivity contribution in [3.05, 3.63) is 83.7 Å². The number of methoxy groups -OCH3 is 1. The molecule has 0 bridgehead atoms. The molecular formula is C24H26N2O4. The topological polar surface area (TPSA) is 91.7 Å². The Morgan fingerprint density at radius 1 is 1.13 bits per heavy atom. The Labute approximate surface area is 176 Å². The summed E-state index contributed by atoms with van der Waals surface area (Å²) in [5, 5.41) is 22.8. The summed E-state index contributed by atoms with van der Waals surface area (Å²) < 4.78 is 5.21. The number of pyridine rings is 1. The fourth-order valence-corrected chi connectivity index (χ4v) is 3.31. The van der Waals surface area contributed by atoms with Gasteiger partial charge in [0.1, 0.15) is 11.3 Å². The Morgan fingerprint density at radius 3 is 2.50 bits per heavy atom. The molecule has 1 heterocycles. The van der Waals surface area contributed by atoms with Crippen molar-refractivity contribution < 1.29 is 19.7 Å². The van der Waals surface area contributed by atoms with Crippen LogP contribution in [0.3, 0.4) is 0 Å². The zero-order valence-electron chi connectivity index (χ0n) is 17.1. The maximum Gasteiger partial charge on any atom is 0.339 e. The van der Waals surface area contributed by atoms with Crippen LogP contribution in [0.1, 0.15) is 34.5 Å². The van der Waals surface area contributed by atoms with Gasteiger partial charge in [-0.1, -0.05) is 36.4 Å². The SMILES string of the molecule is COc1cc(-c2ccc(CC(C)NC[C@H](O)c3cccnc3)cc2)ccc1C(=O)O. The molecule has 3 aromatic rings. The van der Waals surface area contributed by atoms with Gasteiger partial charge in [-0.15, -0.1) is 0 Å². The van der Waals surface area contributed by atoms with Gasteiger partial charge in [-0.2, -0.15) is 0 Å². The molecule has 0 aliphatic carbocycles. The molecule has 2 aromatic carbocycles. The largest absolute Gasteiger partial charge is 0.496 e. The lowest BCUT2D eigenvalue weighted by Crippen LogP contribution is -2.32. The van der Waals surface area contributed by atoms with E-state index in [1.807, 2.05) is 24.3 Å². The van der Waals surface area contributed by atoms with Gasteiger partial charge in [0.2, 0.25) is 0 Å². The van der Waals surface area contributed by atoms with Gasteiger partial charge in [-0.25, -0.2) is 4.79 Å². The Hall–Kier alpha value is -3.22. The van der Waals surface area contributed by atoms with Crippen LogP contribution in [-0.2, 0) is 6.42 Å². The second kappa shape index (κ2) is 10.0. The van der Waals surface area contributed by atoms with Gasteiger partial charge in [0.05, 0.1) is 13.2 Å². The summed E-state index contributed by atoms with van der Waals surface area (Å²) in [6, 6.07) is 17.1. The molecule has 3 N–H and O–H groups in total. The Morgan fingerprint density at radius 2 is 1.87 bits per heavy atom. The molecule has 30 heavy (non-hydrogen) atoms. The summed E-state index contributed by atoms with van der Waals surface area (Å²) in [6.07, 6.45) is 3.59. The molecule has 1 unspecified atom stereocenters. The van der Waals surface area contributed by atoms with E-state index in [0.717, 1.165) is 23.1 Å². The highest BCUT2D eigenvalue weighted by atomic mass is 16.5. The molecule has 0 saturated heterocycles. The third-order valence-corrected chi connectivity index (χ3v) is 4.99. The number of aromatic carboxylic acids is 1. The van der Waals surface area contributed by atoms with E-state index in [2.05, 4.69) is 29.4 Å². The van der Waals surface area contributed by atoms with E-state index in [1.165, 1.54) is 12.7 Å². The van der Waals surface area contributed by atoms with Gasteiger partial charge in [-0.05, 0) is 48.2 Å². The summed E-state index contributed by atoms with van der Waals surface area (Å²) in [5.41, 5.74) is 4.00. The van der Waals surface area contributed by atoms with E-state index in [1.54, 1.807) is 30.6 Å². The third-order valence-electron chi connectivity index (χ3n) is 4.99. The number of aliphatic hydroxyl groups excluding tert-OH is 1. The van der Waals surface area contributed by atoms with Gasteiger partial charge < -0.3 is 20.3 Å². The number of carboxylic acids is 1. The van der Waals surface area contributed by atoms with E-state index in [9.17, 15) is 15.0 Å². The number of nitrogens with zero attached hydrogens (tertiary/aromatic N) is 1. The smallest absolute Gasteiger partial charge is 0.339 e. The number of hydrogen-bond acceptors (Lipinski definition) is 5. The average molecular weight is 406 g/mol. The Bertz CT molecular complexity index is 974. The van der Waals surface area contributed by atoms with Gasteiger partial charge in [0, 0.05) is 30.5 Å². The van der Waals surface area contributed by atoms with Crippen LogP contribution in [0, 0.1) is 0 Å². The van der Waals surface area contributed by atoms with Crippen molar-refractivity contribution in [3.8, 4) is 16.9 Å². The lowest BCUT2D eigenvalue weighted by molar-refractivity contribution is 0.0693. The molecule has 3 rings (SSSR count). The summed E-state index contributed by atoms with van der Waals surface area (Å²) in [4.78, 5) is 15.3. The highest BCUT2D eigenvalue weighted by Gasteiger charge is 2.13. The van der Waals surface area contributed by atoms with Crippen LogP contribution in [0.15, 0.2) is 67.0 Å². The maximum absolute atomic E-state index is 11.2. The molecule has 0 aliphatic heterocycles. The van der Waals surface area contributed by atoms with E-state index in [4.69, 9.17) is 4.74 Å². The summed E-state index contributed by atoms with van der Waals surface area (Å²) >= 11 is 0. The second-order valence-electron chi connectivity index (χ2n) is 7.23. The molecule has 1 aromatic heterocycles. The minimum Gasteiger partial charge on any atom is -0.496 e. The first-order valence-corrected chi connectivity index (χ1v) is 9.80. The van der Waals surface area contributed by atoms with Crippen LogP contribution >= 0.6 is 0 Å². The van der Waals surface area contributed by atoms with Crippen molar-refractivity contribution in [2.75, 3.05) is 13.7 Å². The van der Waals surface area contributed by atoms with Gasteiger partial charge >= 0.3 is 5.97 Å². The van der Waals surface area contributed by atoms with Crippen molar-refractivity contribution in [3.63, 3.8) is 0 Å². The second-order valence-corrected chi connectivity index (χ2v) is 7.23. The minimum absolute atomic E-state index is 0.145. The number of aliphatic hydroxyl groups is 1. The van der Waals surface area contributed by atoms with Crippen LogP contribution in [0.2, 0.25) is 0 Å². The quantitative estimate of drug-likeness (QED) is 0.502. The third kappa shape index (κ3) is 5.43. The number of carbonyl (C=O) groups is 1. The first-order chi connectivity index (χ1) is 14.5. The van der Waals surface area contributed by atoms with Crippen molar-refractivity contribution in [2.24, 2.45) is 0 Å². The Balaban J connectivity index is 1.60. The molecule has 2 atom stereocenters. The van der Waals surface area contributed by atoms with Crippen LogP contribution in [0.4, 0.5) is 0 Å². The average Bonchev–Trinajstić information content (AvgIpc) is 2.78. The normalized spacial score (nSPS) is 12.9. The molecule has 0 spiro atoms. The fourth-order valence-electron chi connectivity index (χ4n) is 3.31.